The van der Waals surface area contributed by atoms with Crippen LogP contribution in [0, 0.1) is 5.92 Å². The fourth-order valence-corrected chi connectivity index (χ4v) is 5.16. The van der Waals surface area contributed by atoms with Crippen LogP contribution in [-0.4, -0.2) is 55.8 Å². The van der Waals surface area contributed by atoms with E-state index in [0.29, 0.717) is 31.2 Å². The number of piperazine rings is 1. The molecule has 1 heterocycles. The van der Waals surface area contributed by atoms with Crippen LogP contribution in [0.25, 0.3) is 0 Å². The van der Waals surface area contributed by atoms with E-state index in [1.807, 2.05) is 0 Å². The summed E-state index contributed by atoms with van der Waals surface area (Å²) >= 11 is 5.82. The van der Waals surface area contributed by atoms with Crippen LogP contribution in [-0.2, 0) is 14.8 Å². The number of sulfonamides is 1. The normalized spacial score (nSPS) is 24.8. The molecule has 1 aliphatic heterocycles. The molecule has 1 amide bonds. The Morgan fingerprint density at radius 1 is 1.08 bits per heavy atom. The molecular formula is C17H25Cl2N3O3S. The first-order valence-electron chi connectivity index (χ1n) is 8.68. The van der Waals surface area contributed by atoms with Gasteiger partial charge in [-0.15, -0.1) is 12.4 Å². The molecule has 2 unspecified atom stereocenters. The number of amides is 1. The van der Waals surface area contributed by atoms with E-state index in [1.54, 1.807) is 17.0 Å². The van der Waals surface area contributed by atoms with E-state index in [2.05, 4.69) is 0 Å². The molecule has 2 aliphatic rings. The topological polar surface area (TPSA) is 83.7 Å². The van der Waals surface area contributed by atoms with E-state index >= 15 is 0 Å². The summed E-state index contributed by atoms with van der Waals surface area (Å²) in [6, 6.07) is 6.27. The molecule has 1 aromatic rings. The quantitative estimate of drug-likeness (QED) is 0.809. The predicted octanol–water partition coefficient (Wildman–Crippen LogP) is 2.11. The first kappa shape index (κ1) is 21.4. The molecule has 0 bridgehead atoms. The number of rotatable bonds is 3. The molecule has 9 heteroatoms. The molecule has 26 heavy (non-hydrogen) atoms. The number of carbonyl (C=O) groups excluding carboxylic acids is 1. The van der Waals surface area contributed by atoms with E-state index < -0.39 is 10.0 Å². The van der Waals surface area contributed by atoms with Crippen molar-refractivity contribution in [2.75, 3.05) is 26.2 Å². The zero-order valence-electron chi connectivity index (χ0n) is 14.5. The Bertz CT molecular complexity index is 719. The van der Waals surface area contributed by atoms with Crippen molar-refractivity contribution < 1.29 is 13.2 Å². The van der Waals surface area contributed by atoms with Gasteiger partial charge in [0, 0.05) is 43.2 Å². The van der Waals surface area contributed by atoms with Crippen LogP contribution >= 0.6 is 24.0 Å². The second kappa shape index (κ2) is 8.89. The minimum Gasteiger partial charge on any atom is -0.340 e. The van der Waals surface area contributed by atoms with Crippen LogP contribution in [0.2, 0.25) is 5.02 Å². The second-order valence-electron chi connectivity index (χ2n) is 6.81. The molecule has 1 aromatic carbocycles. The lowest BCUT2D eigenvalue weighted by Crippen LogP contribution is -2.52. The maximum Gasteiger partial charge on any atom is 0.243 e. The summed E-state index contributed by atoms with van der Waals surface area (Å²) in [5.41, 5.74) is 5.98. The first-order valence-corrected chi connectivity index (χ1v) is 10.5. The highest BCUT2D eigenvalue weighted by molar-refractivity contribution is 7.89. The Morgan fingerprint density at radius 2 is 1.69 bits per heavy atom. The highest BCUT2D eigenvalue weighted by atomic mass is 35.5. The van der Waals surface area contributed by atoms with Crippen LogP contribution in [0.3, 0.4) is 0 Å². The summed E-state index contributed by atoms with van der Waals surface area (Å²) in [7, 11) is -3.54. The maximum atomic E-state index is 12.7. The standard InChI is InChI=1S/C17H24ClN3O3S.ClH/c18-14-4-6-16(7-5-14)25(23,24)21-10-8-20(9-11-21)17(22)13-2-1-3-15(19)12-13;/h4-7,13,15H,1-3,8-12,19H2;1H. The van der Waals surface area contributed by atoms with Crippen LogP contribution in [0.4, 0.5) is 0 Å². The van der Waals surface area contributed by atoms with Crippen molar-refractivity contribution in [3.63, 3.8) is 0 Å². The minimum absolute atomic E-state index is 0. The fourth-order valence-electron chi connectivity index (χ4n) is 3.61. The van der Waals surface area contributed by atoms with Crippen molar-refractivity contribution in [3.8, 4) is 0 Å². The van der Waals surface area contributed by atoms with Gasteiger partial charge in [-0.05, 0) is 43.5 Å². The van der Waals surface area contributed by atoms with Gasteiger partial charge < -0.3 is 10.6 Å². The molecule has 1 aliphatic carbocycles. The fraction of sp³-hybridized carbons (Fsp3) is 0.588. The highest BCUT2D eigenvalue weighted by Gasteiger charge is 2.33. The zero-order valence-corrected chi connectivity index (χ0v) is 16.9. The Balaban J connectivity index is 0.00000243. The Kier molecular flexibility index (Phi) is 7.33. The largest absolute Gasteiger partial charge is 0.340 e. The molecule has 2 N–H and O–H groups in total. The van der Waals surface area contributed by atoms with Crippen molar-refractivity contribution in [1.82, 2.24) is 9.21 Å². The lowest BCUT2D eigenvalue weighted by molar-refractivity contribution is -0.137. The number of benzene rings is 1. The molecule has 3 rings (SSSR count). The van der Waals surface area contributed by atoms with Gasteiger partial charge in [0.1, 0.15) is 0 Å². The van der Waals surface area contributed by atoms with Gasteiger partial charge in [0.15, 0.2) is 0 Å². The summed E-state index contributed by atoms with van der Waals surface area (Å²) in [5.74, 6) is 0.113. The van der Waals surface area contributed by atoms with Crippen molar-refractivity contribution in [2.24, 2.45) is 11.7 Å². The number of nitrogens with two attached hydrogens (primary N) is 1. The second-order valence-corrected chi connectivity index (χ2v) is 9.18. The molecular weight excluding hydrogens is 397 g/mol. The van der Waals surface area contributed by atoms with Crippen LogP contribution in [0.15, 0.2) is 29.2 Å². The molecule has 2 atom stereocenters. The van der Waals surface area contributed by atoms with Gasteiger partial charge >= 0.3 is 0 Å². The van der Waals surface area contributed by atoms with E-state index in [9.17, 15) is 13.2 Å². The molecule has 146 valence electrons. The minimum atomic E-state index is -3.54. The smallest absolute Gasteiger partial charge is 0.243 e. The summed E-state index contributed by atoms with van der Waals surface area (Å²) in [4.78, 5) is 14.7. The Labute approximate surface area is 166 Å². The molecule has 0 aromatic heterocycles. The van der Waals surface area contributed by atoms with Gasteiger partial charge in [0.05, 0.1) is 4.90 Å². The first-order chi connectivity index (χ1) is 11.9. The monoisotopic (exact) mass is 421 g/mol. The predicted molar refractivity (Wildman–Crippen MR) is 104 cm³/mol. The van der Waals surface area contributed by atoms with Gasteiger partial charge in [-0.1, -0.05) is 18.0 Å². The molecule has 6 nitrogen and oxygen atoms in total. The van der Waals surface area contributed by atoms with E-state index in [-0.39, 0.29) is 35.2 Å². The maximum absolute atomic E-state index is 12.7. The third-order valence-electron chi connectivity index (χ3n) is 5.07. The number of hydrogen-bond donors (Lipinski definition) is 1. The van der Waals surface area contributed by atoms with Gasteiger partial charge in [0.2, 0.25) is 15.9 Å². The molecule has 0 radical (unpaired) electrons. The van der Waals surface area contributed by atoms with Crippen LogP contribution in [0.1, 0.15) is 25.7 Å². The van der Waals surface area contributed by atoms with Crippen molar-refractivity contribution in [2.45, 2.75) is 36.6 Å². The summed E-state index contributed by atoms with van der Waals surface area (Å²) in [6.45, 7) is 1.49. The summed E-state index contributed by atoms with van der Waals surface area (Å²) < 4.78 is 26.8. The third-order valence-corrected chi connectivity index (χ3v) is 7.23. The number of hydrogen-bond acceptors (Lipinski definition) is 4. The number of nitrogens with zero attached hydrogens (tertiary/aromatic N) is 2. The SMILES string of the molecule is Cl.NC1CCCC(C(=O)N2CCN(S(=O)(=O)c3ccc(Cl)cc3)CC2)C1. The summed E-state index contributed by atoms with van der Waals surface area (Å²) in [6.07, 6.45) is 3.59. The van der Waals surface area contributed by atoms with Crippen molar-refractivity contribution >= 4 is 39.9 Å². The van der Waals surface area contributed by atoms with E-state index in [4.69, 9.17) is 17.3 Å². The van der Waals surface area contributed by atoms with Gasteiger partial charge in [0.25, 0.3) is 0 Å². The van der Waals surface area contributed by atoms with Crippen molar-refractivity contribution in [3.05, 3.63) is 29.3 Å². The summed E-state index contributed by atoms with van der Waals surface area (Å²) in [5, 5.41) is 0.500. The average Bonchev–Trinajstić information content (AvgIpc) is 2.61. The van der Waals surface area contributed by atoms with Crippen molar-refractivity contribution in [1.29, 1.82) is 0 Å². The number of carbonyl (C=O) groups is 1. The van der Waals surface area contributed by atoms with Crippen LogP contribution in [0.5, 0.6) is 0 Å². The molecule has 0 spiro atoms. The lowest BCUT2D eigenvalue weighted by Gasteiger charge is -2.37. The number of halogens is 2. The van der Waals surface area contributed by atoms with Gasteiger partial charge in [-0.3, -0.25) is 4.79 Å². The molecule has 2 fully saturated rings. The van der Waals surface area contributed by atoms with Gasteiger partial charge in [-0.25, -0.2) is 8.42 Å². The van der Waals surface area contributed by atoms with E-state index in [1.165, 1.54) is 16.4 Å². The molecule has 1 saturated carbocycles. The Hall–Kier alpha value is -0.860. The lowest BCUT2D eigenvalue weighted by atomic mass is 9.85. The highest BCUT2D eigenvalue weighted by Crippen LogP contribution is 2.26. The Morgan fingerprint density at radius 3 is 2.27 bits per heavy atom. The van der Waals surface area contributed by atoms with Gasteiger partial charge in [-0.2, -0.15) is 4.31 Å². The third kappa shape index (κ3) is 4.70. The van der Waals surface area contributed by atoms with E-state index in [0.717, 1.165) is 25.7 Å². The van der Waals surface area contributed by atoms with Crippen LogP contribution < -0.4 is 5.73 Å². The molecule has 1 saturated heterocycles. The zero-order chi connectivity index (χ0) is 18.0. The average molecular weight is 422 g/mol.